The Morgan fingerprint density at radius 3 is 2.64 bits per heavy atom. The maximum Gasteiger partial charge on any atom is 0.261 e. The molecule has 1 saturated heterocycles. The molecular formula is C26H30IN7O2. The molecule has 0 unspecified atom stereocenters. The molecule has 1 N–H and O–H groups in total. The normalized spacial score (nSPS) is 14.4. The third kappa shape index (κ3) is 4.71. The van der Waals surface area contributed by atoms with E-state index in [0.29, 0.717) is 24.6 Å². The number of anilines is 2. The van der Waals surface area contributed by atoms with E-state index in [-0.39, 0.29) is 11.4 Å². The summed E-state index contributed by atoms with van der Waals surface area (Å²) in [6, 6.07) is 4.14. The van der Waals surface area contributed by atoms with Gasteiger partial charge in [-0.15, -0.1) is 0 Å². The smallest absolute Gasteiger partial charge is 0.261 e. The van der Waals surface area contributed by atoms with E-state index in [4.69, 9.17) is 4.74 Å². The van der Waals surface area contributed by atoms with Gasteiger partial charge >= 0.3 is 0 Å². The molecule has 188 valence electrons. The fourth-order valence-electron chi connectivity index (χ4n) is 4.44. The molecule has 1 fully saturated rings. The van der Waals surface area contributed by atoms with Gasteiger partial charge < -0.3 is 19.4 Å². The summed E-state index contributed by atoms with van der Waals surface area (Å²) in [5.41, 5.74) is 5.51. The number of fused-ring (bicyclic) bond motifs is 1. The summed E-state index contributed by atoms with van der Waals surface area (Å²) in [6.07, 6.45) is 10.2. The van der Waals surface area contributed by atoms with Gasteiger partial charge in [-0.25, -0.2) is 9.97 Å². The first-order valence-corrected chi connectivity index (χ1v) is 13.2. The number of aromatic nitrogens is 5. The van der Waals surface area contributed by atoms with Gasteiger partial charge in [0.2, 0.25) is 0 Å². The van der Waals surface area contributed by atoms with Crippen LogP contribution < -0.4 is 10.2 Å². The van der Waals surface area contributed by atoms with Crippen LogP contribution in [-0.2, 0) is 16.7 Å². The zero-order chi connectivity index (χ0) is 25.4. The molecule has 0 aliphatic carbocycles. The Labute approximate surface area is 224 Å². The summed E-state index contributed by atoms with van der Waals surface area (Å²) >= 11 is 2.18. The number of hydrogen-bond acceptors (Lipinski definition) is 6. The Kier molecular flexibility index (Phi) is 6.73. The Hall–Kier alpha value is -2.99. The second-order valence-corrected chi connectivity index (χ2v) is 10.9. The molecule has 5 rings (SSSR count). The van der Waals surface area contributed by atoms with Gasteiger partial charge in [0.25, 0.3) is 5.91 Å². The average Bonchev–Trinajstić information content (AvgIpc) is 3.50. The number of carbonyl (C=O) groups excluding carboxylic acids is 1. The van der Waals surface area contributed by atoms with Gasteiger partial charge in [0, 0.05) is 43.4 Å². The number of morpholine rings is 1. The first-order valence-electron chi connectivity index (χ1n) is 12.1. The largest absolute Gasteiger partial charge is 0.378 e. The molecule has 0 spiro atoms. The summed E-state index contributed by atoms with van der Waals surface area (Å²) in [7, 11) is 0. The predicted molar refractivity (Wildman–Crippen MR) is 149 cm³/mol. The van der Waals surface area contributed by atoms with Crippen molar-refractivity contribution in [3.8, 4) is 11.1 Å². The van der Waals surface area contributed by atoms with Gasteiger partial charge in [-0.3, -0.25) is 9.48 Å². The van der Waals surface area contributed by atoms with E-state index >= 15 is 0 Å². The summed E-state index contributed by atoms with van der Waals surface area (Å²) in [5.74, 6) is 0.279. The van der Waals surface area contributed by atoms with E-state index in [9.17, 15) is 4.79 Å². The zero-order valence-electron chi connectivity index (χ0n) is 21.0. The number of rotatable bonds is 5. The fraction of sp³-hybridized carbons (Fsp3) is 0.385. The van der Waals surface area contributed by atoms with E-state index in [1.165, 1.54) is 0 Å². The topological polar surface area (TPSA) is 89.6 Å². The molecule has 1 aliphatic heterocycles. The second kappa shape index (κ2) is 9.81. The number of carbonyl (C=O) groups is 1. The van der Waals surface area contributed by atoms with Crippen molar-refractivity contribution in [1.29, 1.82) is 0 Å². The quantitative estimate of drug-likeness (QED) is 0.338. The number of ether oxygens (including phenoxy) is 1. The molecule has 36 heavy (non-hydrogen) atoms. The van der Waals surface area contributed by atoms with Crippen molar-refractivity contribution in [2.45, 2.75) is 39.7 Å². The molecule has 0 radical (unpaired) electrons. The van der Waals surface area contributed by atoms with Gasteiger partial charge in [-0.2, -0.15) is 5.10 Å². The molecule has 9 nitrogen and oxygen atoms in total. The molecule has 1 amide bonds. The maximum absolute atomic E-state index is 13.1. The third-order valence-corrected chi connectivity index (χ3v) is 7.37. The third-order valence-electron chi connectivity index (χ3n) is 6.33. The van der Waals surface area contributed by atoms with Crippen LogP contribution in [0.2, 0.25) is 0 Å². The van der Waals surface area contributed by atoms with E-state index in [1.807, 2.05) is 29.3 Å². The molecule has 0 aromatic carbocycles. The molecule has 10 heteroatoms. The Morgan fingerprint density at radius 2 is 1.94 bits per heavy atom. The van der Waals surface area contributed by atoms with Crippen molar-refractivity contribution in [3.05, 3.63) is 57.9 Å². The Morgan fingerprint density at radius 1 is 1.17 bits per heavy atom. The lowest BCUT2D eigenvalue weighted by molar-refractivity contribution is 0.102. The fourth-order valence-corrected chi connectivity index (χ4v) is 5.67. The van der Waals surface area contributed by atoms with Crippen LogP contribution in [-0.4, -0.2) is 56.4 Å². The number of imidazole rings is 1. The monoisotopic (exact) mass is 599 g/mol. The van der Waals surface area contributed by atoms with Crippen LogP contribution in [0.25, 0.3) is 16.8 Å². The van der Waals surface area contributed by atoms with Gasteiger partial charge in [0.05, 0.1) is 36.2 Å². The van der Waals surface area contributed by atoms with Crippen molar-refractivity contribution in [1.82, 2.24) is 24.1 Å². The maximum atomic E-state index is 13.1. The average molecular weight is 599 g/mol. The Bertz CT molecular complexity index is 1410. The molecule has 5 heterocycles. The minimum Gasteiger partial charge on any atom is -0.378 e. The molecule has 0 bridgehead atoms. The minimum atomic E-state index is -0.225. The lowest BCUT2D eigenvalue weighted by Crippen LogP contribution is -2.36. The van der Waals surface area contributed by atoms with E-state index in [2.05, 4.69) is 92.2 Å². The van der Waals surface area contributed by atoms with Crippen molar-refractivity contribution in [3.63, 3.8) is 0 Å². The first kappa shape index (κ1) is 24.7. The number of hydrogen-bond donors (Lipinski definition) is 1. The van der Waals surface area contributed by atoms with E-state index in [1.54, 1.807) is 6.20 Å². The highest BCUT2D eigenvalue weighted by Gasteiger charge is 2.23. The van der Waals surface area contributed by atoms with Gasteiger partial charge in [0.1, 0.15) is 9.52 Å². The summed E-state index contributed by atoms with van der Waals surface area (Å²) in [5, 5.41) is 7.41. The van der Waals surface area contributed by atoms with Crippen LogP contribution in [0.4, 0.5) is 11.5 Å². The summed E-state index contributed by atoms with van der Waals surface area (Å²) in [4.78, 5) is 24.6. The molecule has 4 aromatic rings. The lowest BCUT2D eigenvalue weighted by atomic mass is 10.0. The van der Waals surface area contributed by atoms with E-state index in [0.717, 1.165) is 51.2 Å². The number of nitrogens with zero attached hydrogens (tertiary/aromatic N) is 6. The van der Waals surface area contributed by atoms with Gasteiger partial charge in [0.15, 0.2) is 5.65 Å². The number of amides is 1. The zero-order valence-corrected chi connectivity index (χ0v) is 23.1. The summed E-state index contributed by atoms with van der Waals surface area (Å²) in [6.45, 7) is 11.3. The highest BCUT2D eigenvalue weighted by Crippen LogP contribution is 2.32. The van der Waals surface area contributed by atoms with E-state index < -0.39 is 0 Å². The Balaban J connectivity index is 1.51. The van der Waals surface area contributed by atoms with Crippen LogP contribution in [0, 0.1) is 3.70 Å². The predicted octanol–water partition coefficient (Wildman–Crippen LogP) is 4.60. The number of aryl methyl sites for hydroxylation is 1. The SMILES string of the molecule is CCc1cnc(NC(=O)c2cnn(C(C)(C)C)c2I)cc1-c1cc(N2CCOCC2)c2nccn2c1. The van der Waals surface area contributed by atoms with Crippen LogP contribution in [0.5, 0.6) is 0 Å². The molecule has 0 saturated carbocycles. The summed E-state index contributed by atoms with van der Waals surface area (Å²) < 4.78 is 10.3. The highest BCUT2D eigenvalue weighted by atomic mass is 127. The number of nitrogens with one attached hydrogen (secondary N) is 1. The minimum absolute atomic E-state index is 0.215. The molecule has 4 aromatic heterocycles. The highest BCUT2D eigenvalue weighted by molar-refractivity contribution is 14.1. The van der Waals surface area contributed by atoms with Crippen LogP contribution in [0.3, 0.4) is 0 Å². The molecular weight excluding hydrogens is 569 g/mol. The number of halogens is 1. The van der Waals surface area contributed by atoms with Crippen molar-refractivity contribution < 1.29 is 9.53 Å². The second-order valence-electron chi connectivity index (χ2n) is 9.84. The van der Waals surface area contributed by atoms with Crippen molar-refractivity contribution >= 4 is 45.7 Å². The number of pyridine rings is 2. The lowest BCUT2D eigenvalue weighted by Gasteiger charge is -2.29. The molecule has 0 atom stereocenters. The van der Waals surface area contributed by atoms with Crippen LogP contribution in [0.1, 0.15) is 43.6 Å². The van der Waals surface area contributed by atoms with Crippen molar-refractivity contribution in [2.24, 2.45) is 0 Å². The van der Waals surface area contributed by atoms with Crippen molar-refractivity contribution in [2.75, 3.05) is 36.5 Å². The van der Waals surface area contributed by atoms with Gasteiger partial charge in [-0.1, -0.05) is 6.92 Å². The van der Waals surface area contributed by atoms with Crippen LogP contribution >= 0.6 is 22.6 Å². The van der Waals surface area contributed by atoms with Gasteiger partial charge in [-0.05, 0) is 73.0 Å². The first-order chi connectivity index (χ1) is 17.3. The van der Waals surface area contributed by atoms with Crippen LogP contribution in [0.15, 0.2) is 43.1 Å². The standard InChI is InChI=1S/C26H30IN7O2/c1-5-17-14-29-22(31-25(35)20-15-30-34(23(20)27)26(2,3)4)13-19(17)18-12-21(32-8-10-36-11-9-32)24-28-6-7-33(24)16-18/h6-7,12-16H,5,8-11H2,1-4H3,(H,29,31,35). The molecule has 1 aliphatic rings.